The lowest BCUT2D eigenvalue weighted by atomic mass is 10.1. The normalized spacial score (nSPS) is 13.7. The number of nitrogens with one attached hydrogen (secondary N) is 4. The highest BCUT2D eigenvalue weighted by atomic mass is 16.2. The minimum absolute atomic E-state index is 0.214. The van der Waals surface area contributed by atoms with Crippen LogP contribution in [0.2, 0.25) is 0 Å². The van der Waals surface area contributed by atoms with Crippen molar-refractivity contribution < 1.29 is 9.59 Å². The quantitative estimate of drug-likeness (QED) is 0.428. The number of rotatable bonds is 6. The highest BCUT2D eigenvalue weighted by Crippen LogP contribution is 2.29. The van der Waals surface area contributed by atoms with Crippen molar-refractivity contribution in [1.29, 1.82) is 0 Å². The Bertz CT molecular complexity index is 1030. The van der Waals surface area contributed by atoms with Crippen LogP contribution in [-0.2, 0) is 0 Å². The Hall–Kier alpha value is -3.88. The first-order valence-corrected chi connectivity index (χ1v) is 9.84. The molecule has 0 radical (unpaired) electrons. The Labute approximate surface area is 173 Å². The molecule has 0 atom stereocenters. The molecule has 0 spiro atoms. The molecule has 1 fully saturated rings. The fraction of sp³-hybridized carbons (Fsp3) is 0.238. The predicted molar refractivity (Wildman–Crippen MR) is 114 cm³/mol. The Morgan fingerprint density at radius 2 is 1.83 bits per heavy atom. The van der Waals surface area contributed by atoms with E-state index in [0.29, 0.717) is 28.6 Å². The van der Waals surface area contributed by atoms with E-state index in [9.17, 15) is 9.59 Å². The minimum Gasteiger partial charge on any atom is -0.365 e. The highest BCUT2D eigenvalue weighted by Gasteiger charge is 2.20. The van der Waals surface area contributed by atoms with Crippen LogP contribution in [0.4, 0.5) is 22.1 Å². The molecule has 0 bridgehead atoms. The molecular weight excluding hydrogens is 382 g/mol. The van der Waals surface area contributed by atoms with Crippen molar-refractivity contribution >= 4 is 29.3 Å². The summed E-state index contributed by atoms with van der Waals surface area (Å²) < 4.78 is 0. The topological polar surface area (TPSA) is 138 Å². The van der Waals surface area contributed by atoms with Gasteiger partial charge in [-0.05, 0) is 37.1 Å². The van der Waals surface area contributed by atoms with Crippen molar-refractivity contribution in [2.24, 2.45) is 5.73 Å². The number of nitrogens with two attached hydrogens (primary N) is 1. The van der Waals surface area contributed by atoms with E-state index in [4.69, 9.17) is 5.73 Å². The molecule has 6 N–H and O–H groups in total. The third kappa shape index (κ3) is 4.40. The fourth-order valence-electron chi connectivity index (χ4n) is 3.58. The highest BCUT2D eigenvalue weighted by molar-refractivity contribution is 6.04. The van der Waals surface area contributed by atoms with Gasteiger partial charge in [0.1, 0.15) is 22.9 Å². The number of pyridine rings is 1. The van der Waals surface area contributed by atoms with Gasteiger partial charge < -0.3 is 21.7 Å². The SMILES string of the molecule is NC(=O)c1c(-c2ccc(NC(=O)NC3CCCC3)cc2)n[nH]c1Nc1ccccn1. The molecule has 1 saturated carbocycles. The van der Waals surface area contributed by atoms with Crippen LogP contribution in [0.3, 0.4) is 0 Å². The van der Waals surface area contributed by atoms with Crippen LogP contribution in [0.25, 0.3) is 11.3 Å². The first-order valence-electron chi connectivity index (χ1n) is 9.84. The summed E-state index contributed by atoms with van der Waals surface area (Å²) in [5, 5.41) is 15.9. The monoisotopic (exact) mass is 405 g/mol. The number of amides is 3. The van der Waals surface area contributed by atoms with Crippen LogP contribution < -0.4 is 21.7 Å². The maximum absolute atomic E-state index is 12.1. The van der Waals surface area contributed by atoms with Crippen LogP contribution in [-0.4, -0.2) is 33.2 Å². The number of nitrogens with zero attached hydrogens (tertiary/aromatic N) is 2. The number of primary amides is 1. The lowest BCUT2D eigenvalue weighted by Crippen LogP contribution is -2.36. The zero-order valence-electron chi connectivity index (χ0n) is 16.3. The van der Waals surface area contributed by atoms with E-state index in [1.165, 1.54) is 0 Å². The molecule has 9 nitrogen and oxygen atoms in total. The Morgan fingerprint density at radius 1 is 1.07 bits per heavy atom. The second-order valence-electron chi connectivity index (χ2n) is 7.18. The number of anilines is 3. The fourth-order valence-corrected chi connectivity index (χ4v) is 3.58. The molecule has 154 valence electrons. The van der Waals surface area contributed by atoms with Crippen LogP contribution in [0.5, 0.6) is 0 Å². The van der Waals surface area contributed by atoms with Crippen molar-refractivity contribution in [2.45, 2.75) is 31.7 Å². The molecule has 30 heavy (non-hydrogen) atoms. The van der Waals surface area contributed by atoms with Gasteiger partial charge in [-0.3, -0.25) is 9.89 Å². The van der Waals surface area contributed by atoms with E-state index in [2.05, 4.69) is 31.1 Å². The van der Waals surface area contributed by atoms with Gasteiger partial charge in [0.15, 0.2) is 0 Å². The van der Waals surface area contributed by atoms with Crippen molar-refractivity contribution in [3.05, 3.63) is 54.2 Å². The molecule has 0 aliphatic heterocycles. The number of carbonyl (C=O) groups is 2. The van der Waals surface area contributed by atoms with Crippen LogP contribution in [0.15, 0.2) is 48.7 Å². The number of carbonyl (C=O) groups excluding carboxylic acids is 2. The molecule has 0 saturated heterocycles. The lowest BCUT2D eigenvalue weighted by Gasteiger charge is -2.13. The number of aromatic amines is 1. The van der Waals surface area contributed by atoms with E-state index in [0.717, 1.165) is 25.7 Å². The van der Waals surface area contributed by atoms with Crippen LogP contribution >= 0.6 is 0 Å². The molecule has 1 aromatic carbocycles. The third-order valence-electron chi connectivity index (χ3n) is 5.04. The molecule has 2 aromatic heterocycles. The summed E-state index contributed by atoms with van der Waals surface area (Å²) in [6, 6.07) is 12.5. The van der Waals surface area contributed by atoms with Gasteiger partial charge in [0.2, 0.25) is 0 Å². The summed E-state index contributed by atoms with van der Waals surface area (Å²) in [5.41, 5.74) is 7.60. The van der Waals surface area contributed by atoms with Gasteiger partial charge in [-0.15, -0.1) is 0 Å². The standard InChI is InChI=1S/C21H23N7O2/c22-19(29)17-18(27-28-20(17)26-16-7-3-4-12-23-16)13-8-10-15(11-9-13)25-21(30)24-14-5-1-2-6-14/h3-4,7-12,14H,1-2,5-6H2,(H2,22,29)(H2,24,25,30)(H2,23,26,27,28). The number of hydrogen-bond acceptors (Lipinski definition) is 5. The number of benzene rings is 1. The summed E-state index contributed by atoms with van der Waals surface area (Å²) in [6.45, 7) is 0. The minimum atomic E-state index is -0.615. The van der Waals surface area contributed by atoms with Gasteiger partial charge in [0, 0.05) is 23.5 Å². The number of aromatic nitrogens is 3. The Balaban J connectivity index is 1.49. The zero-order valence-corrected chi connectivity index (χ0v) is 16.3. The van der Waals surface area contributed by atoms with Gasteiger partial charge in [-0.25, -0.2) is 9.78 Å². The van der Waals surface area contributed by atoms with Crippen molar-refractivity contribution in [1.82, 2.24) is 20.5 Å². The van der Waals surface area contributed by atoms with Gasteiger partial charge in [0.05, 0.1) is 0 Å². The van der Waals surface area contributed by atoms with E-state index < -0.39 is 5.91 Å². The second-order valence-corrected chi connectivity index (χ2v) is 7.18. The molecule has 0 unspecified atom stereocenters. The Morgan fingerprint density at radius 3 is 2.50 bits per heavy atom. The van der Waals surface area contributed by atoms with E-state index in [-0.39, 0.29) is 17.6 Å². The van der Waals surface area contributed by atoms with Crippen molar-refractivity contribution in [2.75, 3.05) is 10.6 Å². The molecule has 9 heteroatoms. The van der Waals surface area contributed by atoms with Gasteiger partial charge in [0.25, 0.3) is 5.91 Å². The van der Waals surface area contributed by atoms with Crippen molar-refractivity contribution in [3.63, 3.8) is 0 Å². The van der Waals surface area contributed by atoms with E-state index >= 15 is 0 Å². The summed E-state index contributed by atoms with van der Waals surface area (Å²) >= 11 is 0. The van der Waals surface area contributed by atoms with E-state index in [1.54, 1.807) is 42.6 Å². The summed E-state index contributed by atoms with van der Waals surface area (Å²) in [5.74, 6) is 0.313. The van der Waals surface area contributed by atoms with E-state index in [1.807, 2.05) is 6.07 Å². The number of hydrogen-bond donors (Lipinski definition) is 5. The summed E-state index contributed by atoms with van der Waals surface area (Å²) in [7, 11) is 0. The first-order chi connectivity index (χ1) is 14.6. The summed E-state index contributed by atoms with van der Waals surface area (Å²) in [4.78, 5) is 28.4. The summed E-state index contributed by atoms with van der Waals surface area (Å²) in [6.07, 6.45) is 6.00. The van der Waals surface area contributed by atoms with Crippen LogP contribution in [0, 0.1) is 0 Å². The molecule has 1 aliphatic carbocycles. The molecule has 3 aromatic rings. The van der Waals surface area contributed by atoms with Gasteiger partial charge in [-0.1, -0.05) is 31.0 Å². The third-order valence-corrected chi connectivity index (χ3v) is 5.04. The largest absolute Gasteiger partial charge is 0.365 e. The first kappa shape index (κ1) is 19.4. The molecule has 1 aliphatic rings. The lowest BCUT2D eigenvalue weighted by molar-refractivity contribution is 0.100. The molecular formula is C21H23N7O2. The molecule has 4 rings (SSSR count). The Kier molecular flexibility index (Phi) is 5.60. The van der Waals surface area contributed by atoms with Crippen LogP contribution in [0.1, 0.15) is 36.0 Å². The number of urea groups is 1. The smallest absolute Gasteiger partial charge is 0.319 e. The zero-order chi connectivity index (χ0) is 20.9. The van der Waals surface area contributed by atoms with Crippen molar-refractivity contribution in [3.8, 4) is 11.3 Å². The average molecular weight is 405 g/mol. The molecule has 2 heterocycles. The van der Waals surface area contributed by atoms with Gasteiger partial charge in [-0.2, -0.15) is 5.10 Å². The number of H-pyrrole nitrogens is 1. The maximum Gasteiger partial charge on any atom is 0.319 e. The predicted octanol–water partition coefficient (Wildman–Crippen LogP) is 3.38. The average Bonchev–Trinajstić information content (AvgIpc) is 3.39. The molecule has 3 amide bonds. The second kappa shape index (κ2) is 8.64. The van der Waals surface area contributed by atoms with Gasteiger partial charge >= 0.3 is 6.03 Å². The maximum atomic E-state index is 12.1.